The van der Waals surface area contributed by atoms with Crippen molar-refractivity contribution in [1.29, 1.82) is 0 Å². The van der Waals surface area contributed by atoms with Gasteiger partial charge in [-0.05, 0) is 57.2 Å². The normalized spacial score (nSPS) is 30.0. The van der Waals surface area contributed by atoms with Crippen LogP contribution in [0.25, 0.3) is 0 Å². The zero-order valence-electron chi connectivity index (χ0n) is 17.7. The van der Waals surface area contributed by atoms with Gasteiger partial charge >= 0.3 is 0 Å². The Bertz CT molecular complexity index is 967. The first kappa shape index (κ1) is 19.6. The highest BCUT2D eigenvalue weighted by molar-refractivity contribution is 5.94. The smallest absolute Gasteiger partial charge is 0.0897 e. The van der Waals surface area contributed by atoms with Gasteiger partial charge in [0.1, 0.15) is 0 Å². The second kappa shape index (κ2) is 8.73. The van der Waals surface area contributed by atoms with E-state index in [2.05, 4.69) is 93.6 Å². The van der Waals surface area contributed by atoms with Crippen molar-refractivity contribution in [2.75, 3.05) is 0 Å². The predicted molar refractivity (Wildman–Crippen MR) is 125 cm³/mol. The van der Waals surface area contributed by atoms with Gasteiger partial charge < -0.3 is 0 Å². The summed E-state index contributed by atoms with van der Waals surface area (Å²) >= 11 is 0. The number of hydrogen-bond acceptors (Lipinski definition) is 2. The molecule has 0 saturated heterocycles. The molecule has 3 unspecified atom stereocenters. The van der Waals surface area contributed by atoms with Crippen molar-refractivity contribution in [2.45, 2.75) is 52.0 Å². The molecule has 0 fully saturated rings. The average molecular weight is 383 g/mol. The number of rotatable bonds is 2. The van der Waals surface area contributed by atoms with Crippen molar-refractivity contribution < 1.29 is 0 Å². The maximum absolute atomic E-state index is 5.03. The molecule has 148 valence electrons. The SMILES string of the molecule is CC1=NC(C)C2=C(/C=C\C/C(C3C=CC=CC3)=C\1)C(c1ccccc1)CC(C)=N2. The van der Waals surface area contributed by atoms with E-state index >= 15 is 0 Å². The van der Waals surface area contributed by atoms with Crippen LogP contribution in [-0.4, -0.2) is 17.5 Å². The molecule has 0 N–H and O–H groups in total. The summed E-state index contributed by atoms with van der Waals surface area (Å²) in [4.78, 5) is 10.0. The molecule has 2 heteroatoms. The van der Waals surface area contributed by atoms with Crippen LogP contribution in [0.5, 0.6) is 0 Å². The quantitative estimate of drug-likeness (QED) is 0.540. The fraction of sp³-hybridized carbons (Fsp3) is 0.333. The summed E-state index contributed by atoms with van der Waals surface area (Å²) in [6.07, 6.45) is 18.8. The molecule has 0 spiro atoms. The van der Waals surface area contributed by atoms with Crippen LogP contribution in [-0.2, 0) is 0 Å². The zero-order chi connectivity index (χ0) is 20.2. The molecule has 0 bridgehead atoms. The molecule has 2 aliphatic heterocycles. The number of benzene rings is 1. The summed E-state index contributed by atoms with van der Waals surface area (Å²) in [5.41, 5.74) is 7.53. The molecule has 2 nitrogen and oxygen atoms in total. The first-order chi connectivity index (χ1) is 14.1. The van der Waals surface area contributed by atoms with Gasteiger partial charge in [0.2, 0.25) is 0 Å². The van der Waals surface area contributed by atoms with Gasteiger partial charge in [0.05, 0.1) is 11.7 Å². The lowest BCUT2D eigenvalue weighted by Gasteiger charge is -2.28. The van der Waals surface area contributed by atoms with Gasteiger partial charge in [-0.25, -0.2) is 0 Å². The molecule has 29 heavy (non-hydrogen) atoms. The van der Waals surface area contributed by atoms with Crippen LogP contribution in [0.3, 0.4) is 0 Å². The summed E-state index contributed by atoms with van der Waals surface area (Å²) in [5.74, 6) is 0.816. The minimum atomic E-state index is 0.0495. The average Bonchev–Trinajstić information content (AvgIpc) is 2.74. The summed E-state index contributed by atoms with van der Waals surface area (Å²) in [6.45, 7) is 6.44. The largest absolute Gasteiger partial charge is 0.281 e. The van der Waals surface area contributed by atoms with Crippen molar-refractivity contribution in [3.63, 3.8) is 0 Å². The number of hydrogen-bond donors (Lipinski definition) is 0. The molecule has 1 aliphatic carbocycles. The van der Waals surface area contributed by atoms with E-state index in [4.69, 9.17) is 9.98 Å². The molecule has 3 aliphatic rings. The Morgan fingerprint density at radius 2 is 1.83 bits per heavy atom. The van der Waals surface area contributed by atoms with Gasteiger partial charge in [0.15, 0.2) is 0 Å². The monoisotopic (exact) mass is 382 g/mol. The van der Waals surface area contributed by atoms with E-state index in [1.165, 1.54) is 22.4 Å². The van der Waals surface area contributed by atoms with Crippen LogP contribution >= 0.6 is 0 Å². The van der Waals surface area contributed by atoms with Crippen LogP contribution in [0.4, 0.5) is 0 Å². The fourth-order valence-corrected chi connectivity index (χ4v) is 4.59. The molecule has 3 atom stereocenters. The Hall–Kier alpha value is -2.74. The van der Waals surface area contributed by atoms with Gasteiger partial charge in [-0.15, -0.1) is 0 Å². The third-order valence-corrected chi connectivity index (χ3v) is 5.98. The van der Waals surface area contributed by atoms with Crippen molar-refractivity contribution in [3.05, 3.63) is 95.3 Å². The summed E-state index contributed by atoms with van der Waals surface area (Å²) in [5, 5.41) is 0. The maximum atomic E-state index is 5.03. The molecular weight excluding hydrogens is 352 g/mol. The van der Waals surface area contributed by atoms with Crippen LogP contribution in [0.15, 0.2) is 99.7 Å². The zero-order valence-corrected chi connectivity index (χ0v) is 17.7. The minimum absolute atomic E-state index is 0.0495. The van der Waals surface area contributed by atoms with E-state index in [1.807, 2.05) is 0 Å². The third-order valence-electron chi connectivity index (χ3n) is 5.98. The molecule has 4 rings (SSSR count). The lowest BCUT2D eigenvalue weighted by Crippen LogP contribution is -2.19. The highest BCUT2D eigenvalue weighted by Gasteiger charge is 2.26. The van der Waals surface area contributed by atoms with E-state index < -0.39 is 0 Å². The molecular formula is C27H30N2. The molecule has 2 heterocycles. The molecule has 0 aromatic heterocycles. The number of allylic oxidation sites excluding steroid dienone is 9. The van der Waals surface area contributed by atoms with E-state index in [0.29, 0.717) is 11.8 Å². The summed E-state index contributed by atoms with van der Waals surface area (Å²) < 4.78 is 0. The predicted octanol–water partition coefficient (Wildman–Crippen LogP) is 6.76. The van der Waals surface area contributed by atoms with Crippen LogP contribution in [0.1, 0.15) is 51.5 Å². The van der Waals surface area contributed by atoms with E-state index in [0.717, 1.165) is 30.7 Å². The van der Waals surface area contributed by atoms with Crippen LogP contribution in [0.2, 0.25) is 0 Å². The lowest BCUT2D eigenvalue weighted by atomic mass is 9.81. The molecule has 0 radical (unpaired) electrons. The second-order valence-corrected chi connectivity index (χ2v) is 8.28. The van der Waals surface area contributed by atoms with Gasteiger partial charge in [0.25, 0.3) is 0 Å². The Labute approximate surface area is 174 Å². The Morgan fingerprint density at radius 3 is 2.59 bits per heavy atom. The van der Waals surface area contributed by atoms with Crippen molar-refractivity contribution in [3.8, 4) is 0 Å². The first-order valence-corrected chi connectivity index (χ1v) is 10.7. The Balaban J connectivity index is 1.75. The van der Waals surface area contributed by atoms with E-state index in [-0.39, 0.29) is 6.04 Å². The lowest BCUT2D eigenvalue weighted by molar-refractivity contribution is 0.737. The Morgan fingerprint density at radius 1 is 1.00 bits per heavy atom. The Kier molecular flexibility index (Phi) is 5.89. The van der Waals surface area contributed by atoms with Gasteiger partial charge in [-0.1, -0.05) is 72.4 Å². The van der Waals surface area contributed by atoms with Crippen LogP contribution < -0.4 is 0 Å². The van der Waals surface area contributed by atoms with Crippen LogP contribution in [0, 0.1) is 5.92 Å². The second-order valence-electron chi connectivity index (χ2n) is 8.28. The van der Waals surface area contributed by atoms with E-state index in [1.54, 1.807) is 0 Å². The van der Waals surface area contributed by atoms with Gasteiger partial charge in [0, 0.05) is 23.3 Å². The van der Waals surface area contributed by atoms with Crippen molar-refractivity contribution in [1.82, 2.24) is 0 Å². The van der Waals surface area contributed by atoms with Crippen molar-refractivity contribution >= 4 is 11.4 Å². The first-order valence-electron chi connectivity index (χ1n) is 10.7. The topological polar surface area (TPSA) is 24.7 Å². The standard InChI is InChI=1S/C27H30N2/c1-19-17-24(22-11-6-4-7-12-22)15-10-16-25-26(23-13-8-5-9-14-23)18-20(2)29-27(25)21(3)28-19/h4-11,13-14,16-17,21-22,26H,12,15,18H2,1-3H3/b16-10-,24-17+,28-19?. The number of nitrogens with zero attached hydrogens (tertiary/aromatic N) is 2. The molecule has 1 aromatic rings. The molecule has 1 aromatic carbocycles. The fourth-order valence-electron chi connectivity index (χ4n) is 4.59. The number of aliphatic imine (C=N–C) groups is 2. The highest BCUT2D eigenvalue weighted by atomic mass is 14.9. The highest BCUT2D eigenvalue weighted by Crippen LogP contribution is 2.38. The minimum Gasteiger partial charge on any atom is -0.281 e. The third kappa shape index (κ3) is 4.48. The molecule has 0 amide bonds. The molecule has 0 saturated carbocycles. The van der Waals surface area contributed by atoms with Crippen molar-refractivity contribution in [2.24, 2.45) is 15.9 Å². The van der Waals surface area contributed by atoms with E-state index in [9.17, 15) is 0 Å². The maximum Gasteiger partial charge on any atom is 0.0897 e. The van der Waals surface area contributed by atoms with Gasteiger partial charge in [-0.2, -0.15) is 0 Å². The summed E-state index contributed by atoms with van der Waals surface area (Å²) in [6, 6.07) is 10.9. The van der Waals surface area contributed by atoms with Gasteiger partial charge in [-0.3, -0.25) is 9.98 Å². The summed E-state index contributed by atoms with van der Waals surface area (Å²) in [7, 11) is 0.